The molecule has 0 atom stereocenters. The van der Waals surface area contributed by atoms with Crippen molar-refractivity contribution in [3.8, 4) is 6.07 Å². The zero-order valence-electron chi connectivity index (χ0n) is 7.29. The number of aromatic amines is 1. The maximum absolute atomic E-state index is 11.1. The zero-order chi connectivity index (χ0) is 9.68. The van der Waals surface area contributed by atoms with Crippen LogP contribution < -0.4 is 5.32 Å². The van der Waals surface area contributed by atoms with Gasteiger partial charge in [0.05, 0.1) is 6.20 Å². The zero-order valence-corrected chi connectivity index (χ0v) is 7.29. The Balaban J connectivity index is 2.64. The molecule has 0 bridgehead atoms. The van der Waals surface area contributed by atoms with E-state index >= 15 is 0 Å². The van der Waals surface area contributed by atoms with E-state index in [0.717, 1.165) is 6.42 Å². The molecule has 0 saturated heterocycles. The molecule has 0 aliphatic heterocycles. The van der Waals surface area contributed by atoms with Gasteiger partial charge in [0, 0.05) is 6.42 Å². The molecule has 0 aliphatic rings. The highest BCUT2D eigenvalue weighted by Crippen LogP contribution is 2.09. The molecule has 5 heteroatoms. The summed E-state index contributed by atoms with van der Waals surface area (Å²) in [4.78, 5) is 11.1. The van der Waals surface area contributed by atoms with Crippen molar-refractivity contribution in [2.24, 2.45) is 0 Å². The maximum atomic E-state index is 11.1. The molecule has 1 aromatic heterocycles. The molecule has 0 fully saturated rings. The molecule has 13 heavy (non-hydrogen) atoms. The van der Waals surface area contributed by atoms with Crippen molar-refractivity contribution in [3.05, 3.63) is 11.8 Å². The number of nitrogens with zero attached hydrogens (tertiary/aromatic N) is 2. The lowest BCUT2D eigenvalue weighted by Gasteiger charge is -1.99. The Labute approximate surface area is 75.8 Å². The summed E-state index contributed by atoms with van der Waals surface area (Å²) in [6.07, 6.45) is 2.60. The van der Waals surface area contributed by atoms with E-state index in [1.807, 2.05) is 13.0 Å². The van der Waals surface area contributed by atoms with Crippen LogP contribution in [0.2, 0.25) is 0 Å². The number of rotatable bonds is 3. The molecule has 0 unspecified atom stereocenters. The molecule has 5 nitrogen and oxygen atoms in total. The summed E-state index contributed by atoms with van der Waals surface area (Å²) in [5.41, 5.74) is 0.351. The lowest BCUT2D eigenvalue weighted by molar-refractivity contribution is -0.116. The number of carbonyl (C=O) groups excluding carboxylic acids is 1. The number of nitriles is 1. The van der Waals surface area contributed by atoms with Gasteiger partial charge in [-0.2, -0.15) is 10.4 Å². The highest BCUT2D eigenvalue weighted by molar-refractivity contribution is 5.90. The Kier molecular flexibility index (Phi) is 3.03. The standard InChI is InChI=1S/C8H10N4O/c1-2-3-7(13)11-8-6(4-9)5-10-12-8/h5H,2-3H2,1H3,(H2,10,11,12,13). The van der Waals surface area contributed by atoms with E-state index in [1.54, 1.807) is 0 Å². The molecule has 1 heterocycles. The number of amides is 1. The third kappa shape index (κ3) is 2.30. The second-order valence-electron chi connectivity index (χ2n) is 2.57. The minimum Gasteiger partial charge on any atom is -0.310 e. The SMILES string of the molecule is CCCC(=O)Nc1[nH]ncc1C#N. The highest BCUT2D eigenvalue weighted by Gasteiger charge is 2.06. The van der Waals surface area contributed by atoms with Crippen LogP contribution in [0.5, 0.6) is 0 Å². The Morgan fingerprint density at radius 3 is 3.23 bits per heavy atom. The Morgan fingerprint density at radius 1 is 1.85 bits per heavy atom. The van der Waals surface area contributed by atoms with Crippen LogP contribution in [0, 0.1) is 11.3 Å². The molecule has 1 rings (SSSR count). The van der Waals surface area contributed by atoms with E-state index in [4.69, 9.17) is 5.26 Å². The van der Waals surface area contributed by atoms with Crippen molar-refractivity contribution in [2.45, 2.75) is 19.8 Å². The van der Waals surface area contributed by atoms with Crippen molar-refractivity contribution in [1.29, 1.82) is 5.26 Å². The fourth-order valence-corrected chi connectivity index (χ4v) is 0.895. The summed E-state index contributed by atoms with van der Waals surface area (Å²) in [7, 11) is 0. The molecule has 68 valence electrons. The van der Waals surface area contributed by atoms with Gasteiger partial charge >= 0.3 is 0 Å². The first-order chi connectivity index (χ1) is 6.27. The fourth-order valence-electron chi connectivity index (χ4n) is 0.895. The minimum atomic E-state index is -0.108. The number of carbonyl (C=O) groups is 1. The van der Waals surface area contributed by atoms with Gasteiger partial charge in [-0.25, -0.2) is 0 Å². The van der Waals surface area contributed by atoms with Gasteiger partial charge in [0.15, 0.2) is 0 Å². The van der Waals surface area contributed by atoms with Crippen molar-refractivity contribution in [3.63, 3.8) is 0 Å². The van der Waals surface area contributed by atoms with E-state index in [-0.39, 0.29) is 5.91 Å². The largest absolute Gasteiger partial charge is 0.310 e. The molecule has 0 aliphatic carbocycles. The van der Waals surface area contributed by atoms with Crippen LogP contribution in [0.3, 0.4) is 0 Å². The summed E-state index contributed by atoms with van der Waals surface area (Å²) in [6, 6.07) is 1.91. The van der Waals surface area contributed by atoms with Gasteiger partial charge in [-0.1, -0.05) is 6.92 Å². The third-order valence-corrected chi connectivity index (χ3v) is 1.50. The first-order valence-electron chi connectivity index (χ1n) is 4.01. The van der Waals surface area contributed by atoms with Crippen LogP contribution in [-0.2, 0) is 4.79 Å². The molecular formula is C8H10N4O. The average Bonchev–Trinajstić information content (AvgIpc) is 2.52. The number of aromatic nitrogens is 2. The van der Waals surface area contributed by atoms with Crippen LogP contribution in [0.1, 0.15) is 25.3 Å². The Morgan fingerprint density at radius 2 is 2.62 bits per heavy atom. The van der Waals surface area contributed by atoms with E-state index in [0.29, 0.717) is 17.8 Å². The number of H-pyrrole nitrogens is 1. The van der Waals surface area contributed by atoms with Crippen LogP contribution in [-0.4, -0.2) is 16.1 Å². The van der Waals surface area contributed by atoms with Gasteiger partial charge in [-0.3, -0.25) is 9.89 Å². The summed E-state index contributed by atoms with van der Waals surface area (Å²) in [5.74, 6) is 0.268. The van der Waals surface area contributed by atoms with E-state index in [2.05, 4.69) is 15.5 Å². The molecule has 0 radical (unpaired) electrons. The maximum Gasteiger partial charge on any atom is 0.225 e. The van der Waals surface area contributed by atoms with Gasteiger partial charge in [0.25, 0.3) is 0 Å². The summed E-state index contributed by atoms with van der Waals surface area (Å²) in [5, 5.41) is 17.3. The van der Waals surface area contributed by atoms with Gasteiger partial charge in [-0.05, 0) is 6.42 Å². The van der Waals surface area contributed by atoms with Crippen LogP contribution in [0.25, 0.3) is 0 Å². The first kappa shape index (κ1) is 9.26. The van der Waals surface area contributed by atoms with Gasteiger partial charge < -0.3 is 5.32 Å². The van der Waals surface area contributed by atoms with Crippen molar-refractivity contribution < 1.29 is 4.79 Å². The summed E-state index contributed by atoms with van der Waals surface area (Å²) in [6.45, 7) is 1.91. The fraction of sp³-hybridized carbons (Fsp3) is 0.375. The van der Waals surface area contributed by atoms with Crippen molar-refractivity contribution in [2.75, 3.05) is 5.32 Å². The van der Waals surface area contributed by atoms with E-state index < -0.39 is 0 Å². The number of anilines is 1. The molecule has 1 aromatic rings. The molecule has 0 aromatic carbocycles. The summed E-state index contributed by atoms with van der Waals surface area (Å²) >= 11 is 0. The highest BCUT2D eigenvalue weighted by atomic mass is 16.1. The van der Waals surface area contributed by atoms with Crippen molar-refractivity contribution in [1.82, 2.24) is 10.2 Å². The van der Waals surface area contributed by atoms with Crippen LogP contribution in [0.15, 0.2) is 6.20 Å². The predicted molar refractivity (Wildman–Crippen MR) is 46.8 cm³/mol. The number of hydrogen-bond acceptors (Lipinski definition) is 3. The monoisotopic (exact) mass is 178 g/mol. The normalized spacial score (nSPS) is 9.23. The topological polar surface area (TPSA) is 81.6 Å². The van der Waals surface area contributed by atoms with Gasteiger partial charge in [-0.15, -0.1) is 0 Å². The minimum absolute atomic E-state index is 0.108. The first-order valence-corrected chi connectivity index (χ1v) is 4.01. The lowest BCUT2D eigenvalue weighted by Crippen LogP contribution is -2.11. The van der Waals surface area contributed by atoms with E-state index in [9.17, 15) is 4.79 Å². The lowest BCUT2D eigenvalue weighted by atomic mass is 10.3. The van der Waals surface area contributed by atoms with Crippen LogP contribution >= 0.6 is 0 Å². The van der Waals surface area contributed by atoms with Crippen LogP contribution in [0.4, 0.5) is 5.82 Å². The number of nitrogens with one attached hydrogen (secondary N) is 2. The second-order valence-corrected chi connectivity index (χ2v) is 2.57. The Hall–Kier alpha value is -1.83. The predicted octanol–water partition coefficient (Wildman–Crippen LogP) is 1.02. The smallest absolute Gasteiger partial charge is 0.225 e. The Bertz CT molecular complexity index is 336. The molecule has 1 amide bonds. The average molecular weight is 178 g/mol. The second kappa shape index (κ2) is 4.26. The molecule has 2 N–H and O–H groups in total. The third-order valence-electron chi connectivity index (χ3n) is 1.50. The quantitative estimate of drug-likeness (QED) is 0.724. The van der Waals surface area contributed by atoms with Gasteiger partial charge in [0.1, 0.15) is 17.5 Å². The van der Waals surface area contributed by atoms with E-state index in [1.165, 1.54) is 6.20 Å². The molecule has 0 spiro atoms. The van der Waals surface area contributed by atoms with Crippen molar-refractivity contribution >= 4 is 11.7 Å². The molecule has 0 saturated carbocycles. The molecular weight excluding hydrogens is 168 g/mol. The van der Waals surface area contributed by atoms with Gasteiger partial charge in [0.2, 0.25) is 5.91 Å². The summed E-state index contributed by atoms with van der Waals surface area (Å²) < 4.78 is 0. The number of hydrogen-bond donors (Lipinski definition) is 2.